The summed E-state index contributed by atoms with van der Waals surface area (Å²) in [6.07, 6.45) is 0. The Morgan fingerprint density at radius 1 is 1.44 bits per heavy atom. The minimum atomic E-state index is 0.509. The van der Waals surface area contributed by atoms with E-state index in [-0.39, 0.29) is 0 Å². The Morgan fingerprint density at radius 2 is 2.11 bits per heavy atom. The zero-order valence-corrected chi connectivity index (χ0v) is 5.52. The number of nitrogen functional groups attached to an aromatic ring is 1. The van der Waals surface area contributed by atoms with Crippen molar-refractivity contribution in [3.8, 4) is 0 Å². The summed E-state index contributed by atoms with van der Waals surface area (Å²) in [6, 6.07) is 5.01. The lowest BCUT2D eigenvalue weighted by Crippen LogP contribution is -2.03. The Labute approximate surface area is 60.2 Å². The minimum absolute atomic E-state index is 0.509. The SMILES string of the molecule is [B]c1ccc(N)cc1Cl. The second-order valence-corrected chi connectivity index (χ2v) is 2.19. The number of rotatable bonds is 0. The third-order valence-corrected chi connectivity index (χ3v) is 1.35. The van der Waals surface area contributed by atoms with E-state index in [4.69, 9.17) is 25.2 Å². The molecule has 0 heterocycles. The average molecular weight is 137 g/mol. The van der Waals surface area contributed by atoms with Crippen LogP contribution < -0.4 is 11.2 Å². The van der Waals surface area contributed by atoms with Crippen molar-refractivity contribution in [3.63, 3.8) is 0 Å². The first-order chi connectivity index (χ1) is 4.20. The van der Waals surface area contributed by atoms with Gasteiger partial charge < -0.3 is 5.73 Å². The van der Waals surface area contributed by atoms with E-state index in [0.29, 0.717) is 16.2 Å². The van der Waals surface area contributed by atoms with Crippen LogP contribution in [-0.4, -0.2) is 7.85 Å². The molecule has 0 aliphatic rings. The van der Waals surface area contributed by atoms with Crippen LogP contribution >= 0.6 is 11.6 Å². The van der Waals surface area contributed by atoms with Crippen LogP contribution in [0.2, 0.25) is 5.02 Å². The van der Waals surface area contributed by atoms with Crippen molar-refractivity contribution in [1.29, 1.82) is 0 Å². The molecular weight excluding hydrogens is 132 g/mol. The average Bonchev–Trinajstić information content (AvgIpc) is 1.80. The highest BCUT2D eigenvalue weighted by atomic mass is 35.5. The molecular formula is C6H5BClN. The molecule has 3 heteroatoms. The molecule has 0 atom stereocenters. The smallest absolute Gasteiger partial charge is 0.115 e. The number of anilines is 1. The van der Waals surface area contributed by atoms with Crippen LogP contribution in [0.1, 0.15) is 0 Å². The molecule has 0 saturated heterocycles. The number of nitrogens with two attached hydrogens (primary N) is 1. The lowest BCUT2D eigenvalue weighted by Gasteiger charge is -1.96. The molecule has 1 aromatic rings. The van der Waals surface area contributed by atoms with Gasteiger partial charge in [0.05, 0.1) is 0 Å². The van der Waals surface area contributed by atoms with Gasteiger partial charge in [-0.15, -0.1) is 0 Å². The van der Waals surface area contributed by atoms with Crippen LogP contribution in [0.25, 0.3) is 0 Å². The second-order valence-electron chi connectivity index (χ2n) is 1.78. The van der Waals surface area contributed by atoms with E-state index in [1.165, 1.54) is 0 Å². The van der Waals surface area contributed by atoms with Crippen LogP contribution in [0, 0.1) is 0 Å². The lowest BCUT2D eigenvalue weighted by molar-refractivity contribution is 1.73. The maximum atomic E-state index is 5.61. The molecule has 0 aliphatic carbocycles. The predicted octanol–water partition coefficient (Wildman–Crippen LogP) is 0.716. The topological polar surface area (TPSA) is 26.0 Å². The minimum Gasteiger partial charge on any atom is -0.399 e. The maximum Gasteiger partial charge on any atom is 0.115 e. The number of benzene rings is 1. The molecule has 44 valence electrons. The molecule has 0 bridgehead atoms. The highest BCUT2D eigenvalue weighted by Gasteiger charge is 1.91. The summed E-state index contributed by atoms with van der Waals surface area (Å²) < 4.78 is 0. The second kappa shape index (κ2) is 2.32. The Kier molecular flexibility index (Phi) is 1.67. The summed E-state index contributed by atoms with van der Waals surface area (Å²) in [5.74, 6) is 0. The Balaban J connectivity index is 3.17. The van der Waals surface area contributed by atoms with Crippen LogP contribution in [-0.2, 0) is 0 Å². The zero-order valence-electron chi connectivity index (χ0n) is 4.76. The third-order valence-electron chi connectivity index (χ3n) is 1.02. The van der Waals surface area contributed by atoms with Crippen molar-refractivity contribution in [1.82, 2.24) is 0 Å². The molecule has 0 spiro atoms. The molecule has 0 amide bonds. The fourth-order valence-electron chi connectivity index (χ4n) is 0.543. The molecule has 0 unspecified atom stereocenters. The lowest BCUT2D eigenvalue weighted by atomic mass is 9.96. The third kappa shape index (κ3) is 1.39. The first-order valence-corrected chi connectivity index (χ1v) is 2.88. The largest absolute Gasteiger partial charge is 0.399 e. The predicted molar refractivity (Wildman–Crippen MR) is 41.3 cm³/mol. The van der Waals surface area contributed by atoms with E-state index in [2.05, 4.69) is 0 Å². The molecule has 0 fully saturated rings. The maximum absolute atomic E-state index is 5.61. The van der Waals surface area contributed by atoms with Crippen molar-refractivity contribution in [2.75, 3.05) is 5.73 Å². The molecule has 0 saturated carbocycles. The molecule has 1 aromatic carbocycles. The molecule has 0 aromatic heterocycles. The Morgan fingerprint density at radius 3 is 2.56 bits per heavy atom. The number of hydrogen-bond acceptors (Lipinski definition) is 1. The number of halogens is 1. The van der Waals surface area contributed by atoms with Crippen LogP contribution in [0.4, 0.5) is 5.69 Å². The quantitative estimate of drug-likeness (QED) is 0.414. The fourth-order valence-corrected chi connectivity index (χ4v) is 0.732. The molecule has 1 nitrogen and oxygen atoms in total. The first kappa shape index (κ1) is 6.49. The van der Waals surface area contributed by atoms with Gasteiger partial charge in [0, 0.05) is 10.7 Å². The van der Waals surface area contributed by atoms with Gasteiger partial charge in [-0.1, -0.05) is 23.1 Å². The van der Waals surface area contributed by atoms with Gasteiger partial charge in [-0.05, 0) is 12.1 Å². The first-order valence-electron chi connectivity index (χ1n) is 2.50. The molecule has 2 radical (unpaired) electrons. The van der Waals surface area contributed by atoms with Crippen molar-refractivity contribution in [3.05, 3.63) is 23.2 Å². The van der Waals surface area contributed by atoms with E-state index in [1.807, 2.05) is 0 Å². The van der Waals surface area contributed by atoms with E-state index >= 15 is 0 Å². The van der Waals surface area contributed by atoms with Gasteiger partial charge in [-0.2, -0.15) is 0 Å². The van der Waals surface area contributed by atoms with Crippen molar-refractivity contribution >= 4 is 30.6 Å². The molecule has 9 heavy (non-hydrogen) atoms. The molecule has 1 rings (SSSR count). The summed E-state index contributed by atoms with van der Waals surface area (Å²) >= 11 is 5.61. The summed E-state index contributed by atoms with van der Waals surface area (Å²) in [6.45, 7) is 0. The highest BCUT2D eigenvalue weighted by Crippen LogP contribution is 2.08. The molecule has 0 aliphatic heterocycles. The van der Waals surface area contributed by atoms with Crippen LogP contribution in [0.15, 0.2) is 18.2 Å². The van der Waals surface area contributed by atoms with Crippen molar-refractivity contribution < 1.29 is 0 Å². The van der Waals surface area contributed by atoms with Gasteiger partial charge in [0.15, 0.2) is 0 Å². The monoisotopic (exact) mass is 137 g/mol. The van der Waals surface area contributed by atoms with Gasteiger partial charge in [-0.3, -0.25) is 0 Å². The standard InChI is InChI=1S/C6H5BClN/c7-5-2-1-4(9)3-6(5)8/h1-3H,9H2. The van der Waals surface area contributed by atoms with Crippen LogP contribution in [0.3, 0.4) is 0 Å². The van der Waals surface area contributed by atoms with Gasteiger partial charge >= 0.3 is 0 Å². The molecule has 2 N–H and O–H groups in total. The van der Waals surface area contributed by atoms with E-state index < -0.39 is 0 Å². The normalized spacial score (nSPS) is 9.44. The van der Waals surface area contributed by atoms with E-state index in [1.54, 1.807) is 18.2 Å². The van der Waals surface area contributed by atoms with Crippen molar-refractivity contribution in [2.45, 2.75) is 0 Å². The Bertz CT molecular complexity index is 224. The summed E-state index contributed by atoms with van der Waals surface area (Å²) in [7, 11) is 5.40. The fraction of sp³-hybridized carbons (Fsp3) is 0. The van der Waals surface area contributed by atoms with Crippen LogP contribution in [0.5, 0.6) is 0 Å². The van der Waals surface area contributed by atoms with Gasteiger partial charge in [0.25, 0.3) is 0 Å². The van der Waals surface area contributed by atoms with E-state index in [0.717, 1.165) is 0 Å². The van der Waals surface area contributed by atoms with Crippen molar-refractivity contribution in [2.24, 2.45) is 0 Å². The zero-order chi connectivity index (χ0) is 6.85. The van der Waals surface area contributed by atoms with E-state index in [9.17, 15) is 0 Å². The summed E-state index contributed by atoms with van der Waals surface area (Å²) in [5.41, 5.74) is 6.58. The summed E-state index contributed by atoms with van der Waals surface area (Å²) in [5, 5.41) is 0.509. The van der Waals surface area contributed by atoms with Gasteiger partial charge in [0.2, 0.25) is 0 Å². The highest BCUT2D eigenvalue weighted by molar-refractivity contribution is 6.45. The van der Waals surface area contributed by atoms with Gasteiger partial charge in [-0.25, -0.2) is 0 Å². The van der Waals surface area contributed by atoms with Gasteiger partial charge in [0.1, 0.15) is 7.85 Å². The number of hydrogen-bond donors (Lipinski definition) is 1. The Hall–Kier alpha value is -0.625. The summed E-state index contributed by atoms with van der Waals surface area (Å²) in [4.78, 5) is 0.